The molecule has 1 rings (SSSR count). The van der Waals surface area contributed by atoms with Crippen molar-refractivity contribution >= 4 is 23.4 Å². The van der Waals surface area contributed by atoms with E-state index in [1.165, 1.54) is 0 Å². The van der Waals surface area contributed by atoms with E-state index >= 15 is 0 Å². The van der Waals surface area contributed by atoms with Gasteiger partial charge in [0.1, 0.15) is 11.6 Å². The van der Waals surface area contributed by atoms with Crippen LogP contribution < -0.4 is 11.5 Å². The van der Waals surface area contributed by atoms with Crippen LogP contribution in [0.5, 0.6) is 0 Å². The van der Waals surface area contributed by atoms with Crippen molar-refractivity contribution in [3.05, 3.63) is 6.07 Å². The molecule has 0 bridgehead atoms. The Balaban J connectivity index is 2.51. The lowest BCUT2D eigenvalue weighted by Crippen LogP contribution is -2.06. The van der Waals surface area contributed by atoms with Crippen LogP contribution >= 0.6 is 11.8 Å². The molecular formula is C10H18N4S. The lowest BCUT2D eigenvalue weighted by atomic mass is 9.94. The molecule has 0 atom stereocenters. The van der Waals surface area contributed by atoms with Gasteiger partial charge in [-0.2, -0.15) is 0 Å². The molecule has 15 heavy (non-hydrogen) atoms. The third-order valence-corrected chi connectivity index (χ3v) is 2.68. The summed E-state index contributed by atoms with van der Waals surface area (Å²) in [6.07, 6.45) is 1.11. The first-order valence-corrected chi connectivity index (χ1v) is 5.88. The fourth-order valence-electron chi connectivity index (χ4n) is 0.975. The largest absolute Gasteiger partial charge is 0.383 e. The van der Waals surface area contributed by atoms with Gasteiger partial charge in [0.15, 0.2) is 5.16 Å². The second kappa shape index (κ2) is 4.70. The summed E-state index contributed by atoms with van der Waals surface area (Å²) in [5, 5.41) is 0.664. The van der Waals surface area contributed by atoms with E-state index in [0.29, 0.717) is 22.2 Å². The van der Waals surface area contributed by atoms with Gasteiger partial charge >= 0.3 is 0 Å². The van der Waals surface area contributed by atoms with Crippen LogP contribution in [-0.4, -0.2) is 15.7 Å². The Hall–Kier alpha value is -0.970. The van der Waals surface area contributed by atoms with Gasteiger partial charge in [-0.1, -0.05) is 32.5 Å². The van der Waals surface area contributed by atoms with Gasteiger partial charge in [-0.05, 0) is 11.8 Å². The molecule has 84 valence electrons. The summed E-state index contributed by atoms with van der Waals surface area (Å²) in [6.45, 7) is 6.63. The lowest BCUT2D eigenvalue weighted by molar-refractivity contribution is 0.401. The highest BCUT2D eigenvalue weighted by molar-refractivity contribution is 7.99. The molecule has 1 aromatic rings. The molecule has 0 amide bonds. The van der Waals surface area contributed by atoms with Crippen molar-refractivity contribution in [2.24, 2.45) is 5.41 Å². The minimum absolute atomic E-state index is 0.332. The molecule has 4 N–H and O–H groups in total. The van der Waals surface area contributed by atoms with Crippen molar-refractivity contribution in [1.82, 2.24) is 9.97 Å². The zero-order chi connectivity index (χ0) is 11.5. The van der Waals surface area contributed by atoms with Crippen molar-refractivity contribution in [1.29, 1.82) is 0 Å². The van der Waals surface area contributed by atoms with Gasteiger partial charge in [0, 0.05) is 11.8 Å². The average Bonchev–Trinajstić information content (AvgIpc) is 1.99. The molecule has 1 aromatic heterocycles. The first kappa shape index (κ1) is 12.1. The topological polar surface area (TPSA) is 77.8 Å². The van der Waals surface area contributed by atoms with E-state index in [9.17, 15) is 0 Å². The molecule has 0 aromatic carbocycles. The maximum atomic E-state index is 5.57. The Morgan fingerprint density at radius 3 is 2.20 bits per heavy atom. The van der Waals surface area contributed by atoms with Crippen molar-refractivity contribution < 1.29 is 0 Å². The Morgan fingerprint density at radius 1 is 1.20 bits per heavy atom. The number of aromatic nitrogens is 2. The summed E-state index contributed by atoms with van der Waals surface area (Å²) in [5.74, 6) is 1.84. The molecule has 4 nitrogen and oxygen atoms in total. The van der Waals surface area contributed by atoms with Crippen LogP contribution in [0.3, 0.4) is 0 Å². The number of nitrogens with zero attached hydrogens (tertiary/aromatic N) is 2. The van der Waals surface area contributed by atoms with Crippen LogP contribution in [0.25, 0.3) is 0 Å². The molecule has 0 aliphatic carbocycles. The van der Waals surface area contributed by atoms with Gasteiger partial charge in [0.25, 0.3) is 0 Å². The first-order chi connectivity index (χ1) is 6.87. The van der Waals surface area contributed by atoms with Crippen LogP contribution in [-0.2, 0) is 0 Å². The fraction of sp³-hybridized carbons (Fsp3) is 0.600. The SMILES string of the molecule is CC(C)(C)CCSc1nc(N)cc(N)n1. The van der Waals surface area contributed by atoms with Crippen molar-refractivity contribution in [3.63, 3.8) is 0 Å². The second-order valence-corrected chi connectivity index (χ2v) is 5.72. The van der Waals surface area contributed by atoms with Gasteiger partial charge < -0.3 is 11.5 Å². The number of anilines is 2. The molecule has 0 spiro atoms. The smallest absolute Gasteiger partial charge is 0.191 e. The summed E-state index contributed by atoms with van der Waals surface area (Å²) < 4.78 is 0. The van der Waals surface area contributed by atoms with Crippen molar-refractivity contribution in [2.45, 2.75) is 32.3 Å². The Kier molecular flexibility index (Phi) is 3.79. The predicted molar refractivity (Wildman–Crippen MR) is 65.7 cm³/mol. The summed E-state index contributed by atoms with van der Waals surface area (Å²) in [7, 11) is 0. The van der Waals surface area contributed by atoms with Crippen molar-refractivity contribution in [3.8, 4) is 0 Å². The van der Waals surface area contributed by atoms with Crippen molar-refractivity contribution in [2.75, 3.05) is 17.2 Å². The predicted octanol–water partition coefficient (Wildman–Crippen LogP) is 2.17. The number of nitrogens with two attached hydrogens (primary N) is 2. The van der Waals surface area contributed by atoms with Crippen LogP contribution in [0.15, 0.2) is 11.2 Å². The monoisotopic (exact) mass is 226 g/mol. The van der Waals surface area contributed by atoms with Crippen LogP contribution in [0.4, 0.5) is 11.6 Å². The molecule has 0 aliphatic rings. The molecule has 5 heteroatoms. The summed E-state index contributed by atoms with van der Waals surface area (Å²) in [5.41, 5.74) is 11.5. The Morgan fingerprint density at radius 2 is 1.73 bits per heavy atom. The van der Waals surface area contributed by atoms with Gasteiger partial charge in [-0.25, -0.2) is 9.97 Å². The fourth-order valence-corrected chi connectivity index (χ4v) is 2.21. The highest BCUT2D eigenvalue weighted by atomic mass is 32.2. The summed E-state index contributed by atoms with van der Waals surface area (Å²) >= 11 is 1.59. The highest BCUT2D eigenvalue weighted by Gasteiger charge is 2.10. The molecule has 0 fully saturated rings. The maximum absolute atomic E-state index is 5.57. The van der Waals surface area contributed by atoms with Crippen LogP contribution in [0.1, 0.15) is 27.2 Å². The molecular weight excluding hydrogens is 208 g/mol. The minimum atomic E-state index is 0.332. The van der Waals surface area contributed by atoms with Crippen LogP contribution in [0, 0.1) is 5.41 Å². The second-order valence-electron chi connectivity index (χ2n) is 4.66. The van der Waals surface area contributed by atoms with E-state index in [0.717, 1.165) is 12.2 Å². The zero-order valence-corrected chi connectivity index (χ0v) is 10.3. The lowest BCUT2D eigenvalue weighted by Gasteiger charge is -2.16. The molecule has 0 saturated heterocycles. The van der Waals surface area contributed by atoms with E-state index in [2.05, 4.69) is 30.7 Å². The minimum Gasteiger partial charge on any atom is -0.383 e. The molecule has 0 radical (unpaired) electrons. The zero-order valence-electron chi connectivity index (χ0n) is 9.45. The highest BCUT2D eigenvalue weighted by Crippen LogP contribution is 2.24. The third kappa shape index (κ3) is 4.88. The van der Waals surface area contributed by atoms with E-state index in [4.69, 9.17) is 11.5 Å². The number of thioether (sulfide) groups is 1. The molecule has 0 unspecified atom stereocenters. The van der Waals surface area contributed by atoms with Crippen LogP contribution in [0.2, 0.25) is 0 Å². The van der Waals surface area contributed by atoms with Gasteiger partial charge in [0.2, 0.25) is 0 Å². The Bertz CT molecular complexity index is 312. The maximum Gasteiger partial charge on any atom is 0.191 e. The van der Waals surface area contributed by atoms with E-state index in [1.54, 1.807) is 17.8 Å². The van der Waals surface area contributed by atoms with E-state index < -0.39 is 0 Å². The Labute approximate surface area is 94.9 Å². The molecule has 0 aliphatic heterocycles. The third-order valence-electron chi connectivity index (χ3n) is 1.83. The average molecular weight is 226 g/mol. The van der Waals surface area contributed by atoms with Gasteiger partial charge in [-0.3, -0.25) is 0 Å². The standard InChI is InChI=1S/C10H18N4S/c1-10(2,3)4-5-15-9-13-7(11)6-8(12)14-9/h6H,4-5H2,1-3H3,(H4,11,12,13,14). The van der Waals surface area contributed by atoms with Gasteiger partial charge in [-0.15, -0.1) is 0 Å². The van der Waals surface area contributed by atoms with E-state index in [-0.39, 0.29) is 0 Å². The van der Waals surface area contributed by atoms with Gasteiger partial charge in [0.05, 0.1) is 0 Å². The quantitative estimate of drug-likeness (QED) is 0.610. The summed E-state index contributed by atoms with van der Waals surface area (Å²) in [4.78, 5) is 8.21. The molecule has 0 saturated carbocycles. The first-order valence-electron chi connectivity index (χ1n) is 4.90. The van der Waals surface area contributed by atoms with E-state index in [1.807, 2.05) is 0 Å². The number of hydrogen-bond donors (Lipinski definition) is 2. The number of hydrogen-bond acceptors (Lipinski definition) is 5. The summed E-state index contributed by atoms with van der Waals surface area (Å²) in [6, 6.07) is 1.56. The molecule has 1 heterocycles. The number of rotatable bonds is 3. The number of nitrogen functional groups attached to an aromatic ring is 2. The normalized spacial score (nSPS) is 11.7.